The second-order valence-corrected chi connectivity index (χ2v) is 7.27. The summed E-state index contributed by atoms with van der Waals surface area (Å²) >= 11 is 12.9. The summed E-state index contributed by atoms with van der Waals surface area (Å²) in [5, 5.41) is 12.9. The van der Waals surface area contributed by atoms with E-state index < -0.39 is 23.2 Å². The lowest BCUT2D eigenvalue weighted by molar-refractivity contribution is -0.113. The maximum Gasteiger partial charge on any atom is 0.262 e. The number of halogens is 3. The standard InChI is InChI=1S/C18H12Cl2FN3O3S/c19-13-6-5-12(7-14(13)20)24-17(27)8-15(25)23-18(24)28-9-16(26)22-11-3-1-10(21)2-4-11/h1-8,25H,9H2,(H,22,26). The van der Waals surface area contributed by atoms with E-state index in [2.05, 4.69) is 10.3 Å². The normalized spacial score (nSPS) is 10.7. The number of carbonyl (C=O) groups excluding carboxylic acids is 1. The highest BCUT2D eigenvalue weighted by atomic mass is 35.5. The number of thioether (sulfide) groups is 1. The quantitative estimate of drug-likeness (QED) is 0.461. The van der Waals surface area contributed by atoms with Gasteiger partial charge in [0.2, 0.25) is 11.8 Å². The van der Waals surface area contributed by atoms with Crippen molar-refractivity contribution in [3.05, 3.63) is 74.7 Å². The summed E-state index contributed by atoms with van der Waals surface area (Å²) in [5.74, 6) is -1.38. The van der Waals surface area contributed by atoms with Crippen molar-refractivity contribution in [1.82, 2.24) is 9.55 Å². The number of hydrogen-bond donors (Lipinski definition) is 2. The third-order valence-electron chi connectivity index (χ3n) is 3.50. The van der Waals surface area contributed by atoms with Crippen LogP contribution in [0.4, 0.5) is 10.1 Å². The third kappa shape index (κ3) is 4.83. The minimum Gasteiger partial charge on any atom is -0.493 e. The summed E-state index contributed by atoms with van der Waals surface area (Å²) in [5.41, 5.74) is 0.262. The molecular weight excluding hydrogens is 428 g/mol. The van der Waals surface area contributed by atoms with Gasteiger partial charge in [-0.2, -0.15) is 4.98 Å². The van der Waals surface area contributed by atoms with Crippen LogP contribution in [0.15, 0.2) is 58.5 Å². The van der Waals surface area contributed by atoms with Crippen molar-refractivity contribution in [2.24, 2.45) is 0 Å². The molecule has 0 radical (unpaired) electrons. The molecule has 2 aromatic carbocycles. The highest BCUT2D eigenvalue weighted by Gasteiger charge is 2.14. The van der Waals surface area contributed by atoms with Gasteiger partial charge in [-0.25, -0.2) is 4.39 Å². The highest BCUT2D eigenvalue weighted by Crippen LogP contribution is 2.26. The SMILES string of the molecule is O=C(CSc1nc(O)cc(=O)n1-c1ccc(Cl)c(Cl)c1)Nc1ccc(F)cc1. The van der Waals surface area contributed by atoms with Crippen molar-refractivity contribution in [2.45, 2.75) is 5.16 Å². The molecule has 3 rings (SSSR count). The number of anilines is 1. The van der Waals surface area contributed by atoms with Gasteiger partial charge in [-0.1, -0.05) is 35.0 Å². The summed E-state index contributed by atoms with van der Waals surface area (Å²) in [6, 6.07) is 10.8. The predicted octanol–water partition coefficient (Wildman–Crippen LogP) is 4.11. The van der Waals surface area contributed by atoms with Gasteiger partial charge >= 0.3 is 0 Å². The van der Waals surface area contributed by atoms with Gasteiger partial charge in [0.05, 0.1) is 27.6 Å². The Bertz CT molecular complexity index is 1090. The van der Waals surface area contributed by atoms with E-state index in [0.29, 0.717) is 16.4 Å². The molecule has 0 aliphatic rings. The third-order valence-corrected chi connectivity index (χ3v) is 5.17. The molecule has 0 spiro atoms. The van der Waals surface area contributed by atoms with E-state index in [1.54, 1.807) is 6.07 Å². The molecule has 0 saturated heterocycles. The van der Waals surface area contributed by atoms with E-state index in [1.807, 2.05) is 0 Å². The number of carbonyl (C=O) groups is 1. The predicted molar refractivity (Wildman–Crippen MR) is 107 cm³/mol. The zero-order valence-electron chi connectivity index (χ0n) is 14.0. The first-order valence-electron chi connectivity index (χ1n) is 7.80. The van der Waals surface area contributed by atoms with Crippen LogP contribution in [0.25, 0.3) is 5.69 Å². The number of nitrogens with zero attached hydrogens (tertiary/aromatic N) is 2. The van der Waals surface area contributed by atoms with E-state index >= 15 is 0 Å². The number of aromatic nitrogens is 2. The van der Waals surface area contributed by atoms with Gasteiger partial charge < -0.3 is 10.4 Å². The number of rotatable bonds is 5. The van der Waals surface area contributed by atoms with Crippen LogP contribution in [0, 0.1) is 5.82 Å². The zero-order chi connectivity index (χ0) is 20.3. The van der Waals surface area contributed by atoms with Gasteiger partial charge in [0.15, 0.2) is 5.16 Å². The van der Waals surface area contributed by atoms with Crippen LogP contribution in [0.2, 0.25) is 10.0 Å². The molecule has 2 N–H and O–H groups in total. The van der Waals surface area contributed by atoms with E-state index in [4.69, 9.17) is 23.2 Å². The molecule has 3 aromatic rings. The first-order valence-corrected chi connectivity index (χ1v) is 9.54. The Balaban J connectivity index is 1.83. The molecule has 28 heavy (non-hydrogen) atoms. The van der Waals surface area contributed by atoms with Crippen LogP contribution in [-0.4, -0.2) is 26.3 Å². The Morgan fingerprint density at radius 2 is 1.86 bits per heavy atom. The van der Waals surface area contributed by atoms with Crippen LogP contribution in [0.1, 0.15) is 0 Å². The lowest BCUT2D eigenvalue weighted by atomic mass is 10.3. The number of hydrogen-bond acceptors (Lipinski definition) is 5. The molecule has 10 heteroatoms. The molecule has 1 amide bonds. The van der Waals surface area contributed by atoms with Crippen molar-refractivity contribution >= 4 is 46.6 Å². The minimum atomic E-state index is -0.549. The fraction of sp³-hybridized carbons (Fsp3) is 0.0556. The fourth-order valence-corrected chi connectivity index (χ4v) is 3.38. The van der Waals surface area contributed by atoms with Crippen LogP contribution < -0.4 is 10.9 Å². The average Bonchev–Trinajstić information content (AvgIpc) is 2.64. The topological polar surface area (TPSA) is 84.2 Å². The molecule has 0 unspecified atom stereocenters. The average molecular weight is 440 g/mol. The molecule has 0 fully saturated rings. The zero-order valence-corrected chi connectivity index (χ0v) is 16.4. The molecule has 1 aromatic heterocycles. The second-order valence-electron chi connectivity index (χ2n) is 5.51. The monoisotopic (exact) mass is 439 g/mol. The van der Waals surface area contributed by atoms with Crippen molar-refractivity contribution in [1.29, 1.82) is 0 Å². The van der Waals surface area contributed by atoms with Crippen LogP contribution in [0.5, 0.6) is 5.88 Å². The first kappa shape index (κ1) is 20.2. The summed E-state index contributed by atoms with van der Waals surface area (Å²) in [6.07, 6.45) is 0. The molecule has 1 heterocycles. The largest absolute Gasteiger partial charge is 0.493 e. The Labute approximate surface area is 172 Å². The van der Waals surface area contributed by atoms with Crippen molar-refractivity contribution < 1.29 is 14.3 Å². The number of amides is 1. The number of benzene rings is 2. The minimum absolute atomic E-state index is 0.0950. The molecule has 0 aliphatic carbocycles. The molecule has 0 saturated carbocycles. The van der Waals surface area contributed by atoms with Crippen molar-refractivity contribution in [2.75, 3.05) is 11.1 Å². The summed E-state index contributed by atoms with van der Waals surface area (Å²) in [6.45, 7) is 0. The molecule has 0 bridgehead atoms. The Kier molecular flexibility index (Phi) is 6.23. The fourth-order valence-electron chi connectivity index (χ4n) is 2.27. The lowest BCUT2D eigenvalue weighted by Gasteiger charge is -2.12. The maximum absolute atomic E-state index is 12.9. The van der Waals surface area contributed by atoms with E-state index in [0.717, 1.165) is 17.8 Å². The maximum atomic E-state index is 12.9. The molecule has 0 atom stereocenters. The van der Waals surface area contributed by atoms with Crippen molar-refractivity contribution in [3.8, 4) is 11.6 Å². The summed E-state index contributed by atoms with van der Waals surface area (Å²) in [7, 11) is 0. The molecule has 144 valence electrons. The van der Waals surface area contributed by atoms with Gasteiger partial charge in [-0.05, 0) is 42.5 Å². The Morgan fingerprint density at radius 1 is 1.14 bits per heavy atom. The Morgan fingerprint density at radius 3 is 2.54 bits per heavy atom. The summed E-state index contributed by atoms with van der Waals surface area (Å²) < 4.78 is 14.1. The van der Waals surface area contributed by atoms with Gasteiger partial charge in [0.25, 0.3) is 5.56 Å². The van der Waals surface area contributed by atoms with Crippen LogP contribution >= 0.6 is 35.0 Å². The number of aromatic hydroxyl groups is 1. The number of nitrogens with one attached hydrogen (secondary N) is 1. The molecule has 0 aliphatic heterocycles. The van der Waals surface area contributed by atoms with Crippen LogP contribution in [-0.2, 0) is 4.79 Å². The van der Waals surface area contributed by atoms with E-state index in [-0.39, 0.29) is 15.9 Å². The van der Waals surface area contributed by atoms with E-state index in [1.165, 1.54) is 41.0 Å². The smallest absolute Gasteiger partial charge is 0.262 e. The second kappa shape index (κ2) is 8.64. The Hall–Kier alpha value is -2.55. The van der Waals surface area contributed by atoms with Gasteiger partial charge in [-0.15, -0.1) is 0 Å². The molecular formula is C18H12Cl2FN3O3S. The van der Waals surface area contributed by atoms with Gasteiger partial charge in [0, 0.05) is 5.69 Å². The van der Waals surface area contributed by atoms with Crippen molar-refractivity contribution in [3.63, 3.8) is 0 Å². The van der Waals surface area contributed by atoms with Crippen LogP contribution in [0.3, 0.4) is 0 Å². The lowest BCUT2D eigenvalue weighted by Crippen LogP contribution is -2.21. The van der Waals surface area contributed by atoms with Gasteiger partial charge in [-0.3, -0.25) is 14.2 Å². The van der Waals surface area contributed by atoms with Gasteiger partial charge in [0.1, 0.15) is 5.82 Å². The highest BCUT2D eigenvalue weighted by molar-refractivity contribution is 7.99. The molecule has 6 nitrogen and oxygen atoms in total. The summed E-state index contributed by atoms with van der Waals surface area (Å²) in [4.78, 5) is 28.4. The first-order chi connectivity index (χ1) is 13.3. The van der Waals surface area contributed by atoms with E-state index in [9.17, 15) is 19.1 Å².